The minimum atomic E-state index is 0.604. The lowest BCUT2D eigenvalue weighted by Gasteiger charge is -2.07. The van der Waals surface area contributed by atoms with Crippen LogP contribution in [0, 0.1) is 6.92 Å². The van der Waals surface area contributed by atoms with Gasteiger partial charge in [-0.3, -0.25) is 0 Å². The highest BCUT2D eigenvalue weighted by Gasteiger charge is 2.11. The number of nitrogens with zero attached hydrogens (tertiary/aromatic N) is 2. The Labute approximate surface area is 103 Å². The van der Waals surface area contributed by atoms with Crippen LogP contribution >= 0.6 is 0 Å². The lowest BCUT2D eigenvalue weighted by molar-refractivity contribution is 0.296. The highest BCUT2D eigenvalue weighted by Crippen LogP contribution is 2.08. The number of ether oxygens (including phenoxy) is 1. The molecule has 1 aromatic heterocycles. The van der Waals surface area contributed by atoms with Gasteiger partial charge in [-0.25, -0.2) is 9.98 Å². The summed E-state index contributed by atoms with van der Waals surface area (Å²) in [5.74, 6) is 0.604. The van der Waals surface area contributed by atoms with E-state index in [4.69, 9.17) is 4.74 Å². The second-order valence-corrected chi connectivity index (χ2v) is 3.93. The van der Waals surface area contributed by atoms with Gasteiger partial charge in [0, 0.05) is 11.4 Å². The van der Waals surface area contributed by atoms with Gasteiger partial charge in [0.1, 0.15) is 5.69 Å². The van der Waals surface area contributed by atoms with Crippen molar-refractivity contribution in [1.82, 2.24) is 9.97 Å². The summed E-state index contributed by atoms with van der Waals surface area (Å²) >= 11 is 0. The predicted molar refractivity (Wildman–Crippen MR) is 70.2 cm³/mol. The zero-order valence-corrected chi connectivity index (χ0v) is 11.1. The number of unbranched alkanes of at least 4 members (excludes halogenated alkanes) is 1. The van der Waals surface area contributed by atoms with Gasteiger partial charge in [-0.15, -0.1) is 0 Å². The van der Waals surface area contributed by atoms with E-state index in [-0.39, 0.29) is 0 Å². The standard InChI is InChI=1S/C13H21N3O/c1-5-7-8-17-13(16-10(3)6-2)12-11(4)14-9-15-12/h6,9H,5,7-8H2,1-4H3,(H,14,15)/b10-6?,16-13+. The Morgan fingerprint density at radius 2 is 2.35 bits per heavy atom. The molecule has 94 valence electrons. The monoisotopic (exact) mass is 235 g/mol. The molecule has 0 spiro atoms. The van der Waals surface area contributed by atoms with Gasteiger partial charge in [-0.1, -0.05) is 19.4 Å². The summed E-state index contributed by atoms with van der Waals surface area (Å²) < 4.78 is 5.71. The minimum absolute atomic E-state index is 0.604. The SMILES string of the molecule is CC=C(C)/N=C(/OCCCC)c1nc[nH]c1C. The molecule has 1 aromatic rings. The number of hydrogen-bond donors (Lipinski definition) is 1. The third-order valence-electron chi connectivity index (χ3n) is 2.46. The van der Waals surface area contributed by atoms with E-state index in [9.17, 15) is 0 Å². The van der Waals surface area contributed by atoms with E-state index in [2.05, 4.69) is 21.9 Å². The highest BCUT2D eigenvalue weighted by atomic mass is 16.5. The second kappa shape index (κ2) is 6.89. The van der Waals surface area contributed by atoms with Crippen LogP contribution in [0.5, 0.6) is 0 Å². The van der Waals surface area contributed by atoms with Crippen LogP contribution in [0.3, 0.4) is 0 Å². The molecular weight excluding hydrogens is 214 g/mol. The van der Waals surface area contributed by atoms with Gasteiger partial charge in [0.05, 0.1) is 12.9 Å². The van der Waals surface area contributed by atoms with E-state index in [1.807, 2.05) is 26.8 Å². The molecule has 0 atom stereocenters. The van der Waals surface area contributed by atoms with Crippen molar-refractivity contribution in [2.75, 3.05) is 6.61 Å². The Bertz CT molecular complexity index is 405. The van der Waals surface area contributed by atoms with Crippen LogP contribution in [0.4, 0.5) is 0 Å². The van der Waals surface area contributed by atoms with Crippen LogP contribution in [-0.2, 0) is 4.74 Å². The molecule has 1 rings (SSSR count). The molecule has 0 radical (unpaired) electrons. The Balaban J connectivity index is 2.87. The Kier molecular flexibility index (Phi) is 5.46. The number of aromatic nitrogens is 2. The molecule has 0 fully saturated rings. The zero-order chi connectivity index (χ0) is 12.7. The van der Waals surface area contributed by atoms with Crippen molar-refractivity contribution in [3.63, 3.8) is 0 Å². The second-order valence-electron chi connectivity index (χ2n) is 3.93. The van der Waals surface area contributed by atoms with Crippen LogP contribution in [-0.4, -0.2) is 22.5 Å². The molecule has 1 heterocycles. The van der Waals surface area contributed by atoms with Crippen LogP contribution < -0.4 is 0 Å². The minimum Gasteiger partial charge on any atom is -0.476 e. The maximum Gasteiger partial charge on any atom is 0.242 e. The van der Waals surface area contributed by atoms with Crippen molar-refractivity contribution in [1.29, 1.82) is 0 Å². The first-order valence-corrected chi connectivity index (χ1v) is 6.03. The van der Waals surface area contributed by atoms with Gasteiger partial charge >= 0.3 is 0 Å². The van der Waals surface area contributed by atoms with Gasteiger partial charge in [-0.2, -0.15) is 0 Å². The fourth-order valence-corrected chi connectivity index (χ4v) is 1.27. The topological polar surface area (TPSA) is 50.3 Å². The van der Waals surface area contributed by atoms with E-state index >= 15 is 0 Å². The average Bonchev–Trinajstić information content (AvgIpc) is 2.74. The molecule has 0 saturated carbocycles. The van der Waals surface area contributed by atoms with Crippen LogP contribution in [0.1, 0.15) is 45.0 Å². The summed E-state index contributed by atoms with van der Waals surface area (Å²) in [6, 6.07) is 0. The first-order chi connectivity index (χ1) is 8.19. The lowest BCUT2D eigenvalue weighted by atomic mass is 10.3. The Morgan fingerprint density at radius 3 is 2.88 bits per heavy atom. The number of aryl methyl sites for hydroxylation is 1. The smallest absolute Gasteiger partial charge is 0.242 e. The molecule has 0 saturated heterocycles. The van der Waals surface area contributed by atoms with Crippen molar-refractivity contribution in [3.05, 3.63) is 29.5 Å². The van der Waals surface area contributed by atoms with Gasteiger partial charge in [0.2, 0.25) is 5.90 Å². The summed E-state index contributed by atoms with van der Waals surface area (Å²) in [5.41, 5.74) is 2.70. The zero-order valence-electron chi connectivity index (χ0n) is 11.1. The van der Waals surface area contributed by atoms with Crippen molar-refractivity contribution >= 4 is 5.90 Å². The van der Waals surface area contributed by atoms with E-state index in [0.29, 0.717) is 12.5 Å². The van der Waals surface area contributed by atoms with Gasteiger partial charge in [-0.05, 0) is 27.2 Å². The molecule has 1 N–H and O–H groups in total. The Morgan fingerprint density at radius 1 is 1.59 bits per heavy atom. The van der Waals surface area contributed by atoms with Crippen LogP contribution in [0.2, 0.25) is 0 Å². The van der Waals surface area contributed by atoms with Crippen LogP contribution in [0.15, 0.2) is 23.1 Å². The molecule has 0 aliphatic heterocycles. The summed E-state index contributed by atoms with van der Waals surface area (Å²) in [4.78, 5) is 11.7. The molecule has 17 heavy (non-hydrogen) atoms. The van der Waals surface area contributed by atoms with Gasteiger partial charge < -0.3 is 9.72 Å². The van der Waals surface area contributed by atoms with E-state index < -0.39 is 0 Å². The number of aliphatic imine (C=N–C) groups is 1. The molecule has 4 nitrogen and oxygen atoms in total. The maximum atomic E-state index is 5.71. The largest absolute Gasteiger partial charge is 0.476 e. The number of rotatable bonds is 5. The number of imidazole rings is 1. The van der Waals surface area contributed by atoms with E-state index in [1.54, 1.807) is 6.33 Å². The molecule has 0 aliphatic rings. The summed E-state index contributed by atoms with van der Waals surface area (Å²) in [6.45, 7) is 8.69. The quantitative estimate of drug-likeness (QED) is 0.484. The number of allylic oxidation sites excluding steroid dienone is 2. The molecule has 0 bridgehead atoms. The molecular formula is C13H21N3O. The normalized spacial score (nSPS) is 12.9. The van der Waals surface area contributed by atoms with Gasteiger partial charge in [0.25, 0.3) is 0 Å². The summed E-state index contributed by atoms with van der Waals surface area (Å²) in [5, 5.41) is 0. The average molecular weight is 235 g/mol. The fraction of sp³-hybridized carbons (Fsp3) is 0.538. The van der Waals surface area contributed by atoms with Crippen molar-refractivity contribution in [2.24, 2.45) is 4.99 Å². The molecule has 4 heteroatoms. The molecule has 0 aromatic carbocycles. The van der Waals surface area contributed by atoms with E-state index in [0.717, 1.165) is 29.9 Å². The van der Waals surface area contributed by atoms with E-state index in [1.165, 1.54) is 0 Å². The maximum absolute atomic E-state index is 5.71. The number of H-pyrrole nitrogens is 1. The first-order valence-electron chi connectivity index (χ1n) is 6.03. The number of nitrogens with one attached hydrogen (secondary N) is 1. The van der Waals surface area contributed by atoms with Crippen molar-refractivity contribution in [2.45, 2.75) is 40.5 Å². The lowest BCUT2D eigenvalue weighted by Crippen LogP contribution is -2.10. The number of aromatic amines is 1. The third kappa shape index (κ3) is 4.06. The predicted octanol–water partition coefficient (Wildman–Crippen LogP) is 3.21. The number of hydrogen-bond acceptors (Lipinski definition) is 3. The molecule has 0 amide bonds. The van der Waals surface area contributed by atoms with Crippen molar-refractivity contribution in [3.8, 4) is 0 Å². The molecule has 0 aliphatic carbocycles. The summed E-state index contributed by atoms with van der Waals surface area (Å²) in [6.07, 6.45) is 5.74. The van der Waals surface area contributed by atoms with Crippen molar-refractivity contribution < 1.29 is 4.74 Å². The highest BCUT2D eigenvalue weighted by molar-refractivity contribution is 5.93. The molecule has 0 unspecified atom stereocenters. The van der Waals surface area contributed by atoms with Crippen LogP contribution in [0.25, 0.3) is 0 Å². The first kappa shape index (κ1) is 13.5. The summed E-state index contributed by atoms with van der Waals surface area (Å²) in [7, 11) is 0. The Hall–Kier alpha value is -1.58. The fourth-order valence-electron chi connectivity index (χ4n) is 1.27. The third-order valence-corrected chi connectivity index (χ3v) is 2.46. The van der Waals surface area contributed by atoms with Gasteiger partial charge in [0.15, 0.2) is 0 Å².